The number of nitriles is 1. The van der Waals surface area contributed by atoms with Gasteiger partial charge in [0.25, 0.3) is 11.8 Å². The van der Waals surface area contributed by atoms with Crippen LogP contribution in [0, 0.1) is 11.3 Å². The summed E-state index contributed by atoms with van der Waals surface area (Å²) < 4.78 is 16.6. The van der Waals surface area contributed by atoms with Crippen molar-refractivity contribution in [3.8, 4) is 23.4 Å². The second-order valence-electron chi connectivity index (χ2n) is 5.98. The highest BCUT2D eigenvalue weighted by atomic mass is 16.5. The normalized spacial score (nSPS) is 16.3. The summed E-state index contributed by atoms with van der Waals surface area (Å²) in [5.41, 5.74) is 0.139. The van der Waals surface area contributed by atoms with Crippen molar-refractivity contribution in [1.82, 2.24) is 14.9 Å². The first-order valence-corrected chi connectivity index (χ1v) is 8.62. The fourth-order valence-electron chi connectivity index (χ4n) is 2.88. The van der Waals surface area contributed by atoms with E-state index < -0.39 is 0 Å². The third kappa shape index (κ3) is 4.64. The van der Waals surface area contributed by atoms with Crippen molar-refractivity contribution in [3.05, 3.63) is 42.4 Å². The number of nitrogens with zero attached hydrogens (tertiary/aromatic N) is 4. The number of carbonyl (C=O) groups is 1. The summed E-state index contributed by atoms with van der Waals surface area (Å²) in [4.78, 5) is 22.2. The average molecular weight is 368 g/mol. The van der Waals surface area contributed by atoms with E-state index in [1.807, 2.05) is 18.2 Å². The maximum Gasteiger partial charge on any atom is 0.260 e. The van der Waals surface area contributed by atoms with Gasteiger partial charge in [-0.1, -0.05) is 12.1 Å². The maximum absolute atomic E-state index is 12.5. The molecular weight excluding hydrogens is 348 g/mol. The zero-order valence-electron chi connectivity index (χ0n) is 15.0. The van der Waals surface area contributed by atoms with E-state index in [-0.39, 0.29) is 30.2 Å². The molecule has 1 aromatic heterocycles. The molecule has 1 aliphatic rings. The predicted octanol–water partition coefficient (Wildman–Crippen LogP) is 1.81. The van der Waals surface area contributed by atoms with Gasteiger partial charge in [-0.25, -0.2) is 9.97 Å². The monoisotopic (exact) mass is 368 g/mol. The lowest BCUT2D eigenvalue weighted by Crippen LogP contribution is -2.46. The minimum absolute atomic E-state index is 0.0817. The van der Waals surface area contributed by atoms with Gasteiger partial charge in [-0.3, -0.25) is 4.79 Å². The largest absolute Gasteiger partial charge is 0.493 e. The second kappa shape index (κ2) is 8.85. The SMILES string of the molecule is COc1ccccc1OCC(=O)N1CCC[C@@H](Oc2nccnc2C#N)C1. The molecule has 0 saturated carbocycles. The molecule has 1 atom stereocenters. The van der Waals surface area contributed by atoms with Gasteiger partial charge in [-0.2, -0.15) is 5.26 Å². The number of methoxy groups -OCH3 is 1. The van der Waals surface area contributed by atoms with E-state index in [9.17, 15) is 4.79 Å². The second-order valence-corrected chi connectivity index (χ2v) is 5.98. The Morgan fingerprint density at radius 1 is 1.30 bits per heavy atom. The highest BCUT2D eigenvalue weighted by Crippen LogP contribution is 2.26. The van der Waals surface area contributed by atoms with Crippen LogP contribution in [0.1, 0.15) is 18.5 Å². The van der Waals surface area contributed by atoms with E-state index in [1.54, 1.807) is 24.1 Å². The number of hydrogen-bond acceptors (Lipinski definition) is 7. The summed E-state index contributed by atoms with van der Waals surface area (Å²) in [7, 11) is 1.55. The lowest BCUT2D eigenvalue weighted by Gasteiger charge is -2.32. The van der Waals surface area contributed by atoms with Crippen LogP contribution in [0.3, 0.4) is 0 Å². The molecule has 8 heteroatoms. The van der Waals surface area contributed by atoms with Crippen LogP contribution in [-0.2, 0) is 4.79 Å². The molecule has 0 aliphatic carbocycles. The first-order chi connectivity index (χ1) is 13.2. The number of piperidine rings is 1. The number of para-hydroxylation sites is 2. The summed E-state index contributed by atoms with van der Waals surface area (Å²) in [5, 5.41) is 9.09. The molecule has 1 amide bonds. The number of rotatable bonds is 6. The summed E-state index contributed by atoms with van der Waals surface area (Å²) >= 11 is 0. The Hall–Kier alpha value is -3.34. The molecule has 0 unspecified atom stereocenters. The number of ether oxygens (including phenoxy) is 3. The number of aromatic nitrogens is 2. The van der Waals surface area contributed by atoms with Crippen molar-refractivity contribution < 1.29 is 19.0 Å². The lowest BCUT2D eigenvalue weighted by molar-refractivity contribution is -0.136. The van der Waals surface area contributed by atoms with E-state index in [2.05, 4.69) is 9.97 Å². The van der Waals surface area contributed by atoms with Crippen LogP contribution in [0.25, 0.3) is 0 Å². The number of benzene rings is 1. The van der Waals surface area contributed by atoms with Gasteiger partial charge in [0.2, 0.25) is 5.69 Å². The summed E-state index contributed by atoms with van der Waals surface area (Å²) in [5.74, 6) is 1.17. The Morgan fingerprint density at radius 2 is 2.07 bits per heavy atom. The molecule has 1 fully saturated rings. The minimum atomic E-state index is -0.238. The number of amides is 1. The number of likely N-dealkylation sites (tertiary alicyclic amines) is 1. The van der Waals surface area contributed by atoms with Crippen LogP contribution in [0.5, 0.6) is 17.4 Å². The Morgan fingerprint density at radius 3 is 2.85 bits per heavy atom. The molecule has 140 valence electrons. The van der Waals surface area contributed by atoms with Crippen molar-refractivity contribution >= 4 is 5.91 Å². The molecule has 0 spiro atoms. The van der Waals surface area contributed by atoms with Gasteiger partial charge in [0.05, 0.1) is 13.7 Å². The van der Waals surface area contributed by atoms with Gasteiger partial charge >= 0.3 is 0 Å². The molecule has 1 saturated heterocycles. The first-order valence-electron chi connectivity index (χ1n) is 8.62. The number of hydrogen-bond donors (Lipinski definition) is 0. The van der Waals surface area contributed by atoms with Gasteiger partial charge in [-0.05, 0) is 25.0 Å². The Balaban J connectivity index is 1.57. The fourth-order valence-corrected chi connectivity index (χ4v) is 2.88. The quantitative estimate of drug-likeness (QED) is 0.767. The summed E-state index contributed by atoms with van der Waals surface area (Å²) in [6, 6.07) is 9.14. The first kappa shape index (κ1) is 18.5. The van der Waals surface area contributed by atoms with E-state index in [4.69, 9.17) is 19.5 Å². The molecule has 8 nitrogen and oxygen atoms in total. The van der Waals surface area contributed by atoms with E-state index >= 15 is 0 Å². The molecule has 0 radical (unpaired) electrons. The van der Waals surface area contributed by atoms with E-state index in [0.29, 0.717) is 24.6 Å². The summed E-state index contributed by atoms with van der Waals surface area (Å²) in [6.45, 7) is 0.969. The topological polar surface area (TPSA) is 97.6 Å². The van der Waals surface area contributed by atoms with Gasteiger partial charge < -0.3 is 19.1 Å². The number of carbonyl (C=O) groups excluding carboxylic acids is 1. The van der Waals surface area contributed by atoms with Crippen LogP contribution in [0.4, 0.5) is 0 Å². The van der Waals surface area contributed by atoms with Crippen molar-refractivity contribution in [2.75, 3.05) is 26.8 Å². The van der Waals surface area contributed by atoms with Crippen LogP contribution in [0.2, 0.25) is 0 Å². The highest BCUT2D eigenvalue weighted by Gasteiger charge is 2.26. The van der Waals surface area contributed by atoms with Gasteiger partial charge in [0, 0.05) is 18.9 Å². The average Bonchev–Trinajstić information content (AvgIpc) is 2.72. The maximum atomic E-state index is 12.5. The van der Waals surface area contributed by atoms with Gasteiger partial charge in [0.15, 0.2) is 18.1 Å². The van der Waals surface area contributed by atoms with Crippen molar-refractivity contribution in [2.45, 2.75) is 18.9 Å². The Labute approximate surface area is 157 Å². The minimum Gasteiger partial charge on any atom is -0.493 e. The van der Waals surface area contributed by atoms with Crippen LogP contribution in [-0.4, -0.2) is 53.7 Å². The zero-order valence-corrected chi connectivity index (χ0v) is 15.0. The smallest absolute Gasteiger partial charge is 0.260 e. The van der Waals surface area contributed by atoms with Crippen molar-refractivity contribution in [3.63, 3.8) is 0 Å². The standard InChI is InChI=1S/C19H20N4O4/c1-25-16-6-2-3-7-17(16)26-13-18(24)23-10-4-5-14(12-23)27-19-15(11-20)21-8-9-22-19/h2-3,6-9,14H,4-5,10,12-13H2,1H3/t14-/m1/s1. The van der Waals surface area contributed by atoms with Gasteiger partial charge in [-0.15, -0.1) is 0 Å². The molecule has 0 N–H and O–H groups in total. The Kier molecular flexibility index (Phi) is 6.05. The van der Waals surface area contributed by atoms with Crippen molar-refractivity contribution in [2.24, 2.45) is 0 Å². The molecule has 0 bridgehead atoms. The molecule has 1 aromatic carbocycles. The van der Waals surface area contributed by atoms with E-state index in [1.165, 1.54) is 12.4 Å². The summed E-state index contributed by atoms with van der Waals surface area (Å²) in [6.07, 6.45) is 4.25. The zero-order chi connectivity index (χ0) is 19.1. The van der Waals surface area contributed by atoms with Crippen molar-refractivity contribution in [1.29, 1.82) is 5.26 Å². The van der Waals surface area contributed by atoms with Crippen LogP contribution < -0.4 is 14.2 Å². The molecule has 27 heavy (non-hydrogen) atoms. The molecule has 2 heterocycles. The molecule has 3 rings (SSSR count). The predicted molar refractivity (Wildman–Crippen MR) is 95.5 cm³/mol. The molecule has 1 aliphatic heterocycles. The third-order valence-corrected chi connectivity index (χ3v) is 4.20. The van der Waals surface area contributed by atoms with E-state index in [0.717, 1.165) is 12.8 Å². The molecular formula is C19H20N4O4. The van der Waals surface area contributed by atoms with Gasteiger partial charge in [0.1, 0.15) is 12.2 Å². The highest BCUT2D eigenvalue weighted by molar-refractivity contribution is 5.78. The van der Waals surface area contributed by atoms with Crippen LogP contribution in [0.15, 0.2) is 36.7 Å². The van der Waals surface area contributed by atoms with Crippen LogP contribution >= 0.6 is 0 Å². The fraction of sp³-hybridized carbons (Fsp3) is 0.368. The third-order valence-electron chi connectivity index (χ3n) is 4.20. The molecule has 2 aromatic rings. The lowest BCUT2D eigenvalue weighted by atomic mass is 10.1. The Bertz CT molecular complexity index is 836.